The van der Waals surface area contributed by atoms with Gasteiger partial charge in [0.25, 0.3) is 5.91 Å². The van der Waals surface area contributed by atoms with Crippen LogP contribution in [0.2, 0.25) is 0 Å². The van der Waals surface area contributed by atoms with Gasteiger partial charge in [0.1, 0.15) is 5.82 Å². The highest BCUT2D eigenvalue weighted by Crippen LogP contribution is 2.28. The Morgan fingerprint density at radius 3 is 2.58 bits per heavy atom. The van der Waals surface area contributed by atoms with Crippen LogP contribution < -0.4 is 10.6 Å². The van der Waals surface area contributed by atoms with Gasteiger partial charge in [-0.15, -0.1) is 0 Å². The van der Waals surface area contributed by atoms with Crippen molar-refractivity contribution in [1.82, 2.24) is 20.1 Å². The van der Waals surface area contributed by atoms with Gasteiger partial charge in [-0.1, -0.05) is 48.5 Å². The molecule has 1 fully saturated rings. The molecule has 7 nitrogen and oxygen atoms in total. The van der Waals surface area contributed by atoms with Gasteiger partial charge in [0.05, 0.1) is 5.39 Å². The van der Waals surface area contributed by atoms with Crippen molar-refractivity contribution in [3.63, 3.8) is 0 Å². The van der Waals surface area contributed by atoms with E-state index in [0.717, 1.165) is 53.8 Å². The summed E-state index contributed by atoms with van der Waals surface area (Å²) < 4.78 is 15.3. The fourth-order valence-electron chi connectivity index (χ4n) is 5.26. The van der Waals surface area contributed by atoms with E-state index in [4.69, 9.17) is 0 Å². The van der Waals surface area contributed by atoms with Gasteiger partial charge < -0.3 is 15.5 Å². The lowest BCUT2D eigenvalue weighted by Gasteiger charge is -2.29. The molecule has 3 heterocycles. The van der Waals surface area contributed by atoms with Crippen molar-refractivity contribution in [3.05, 3.63) is 108 Å². The number of aromatic amines is 1. The summed E-state index contributed by atoms with van der Waals surface area (Å²) in [5, 5.41) is 14.8. The van der Waals surface area contributed by atoms with E-state index in [1.807, 2.05) is 54.6 Å². The van der Waals surface area contributed by atoms with E-state index >= 15 is 4.39 Å². The van der Waals surface area contributed by atoms with Gasteiger partial charge in [0.2, 0.25) is 0 Å². The van der Waals surface area contributed by atoms with Gasteiger partial charge in [-0.05, 0) is 85.6 Å². The summed E-state index contributed by atoms with van der Waals surface area (Å²) in [7, 11) is 2.14. The zero-order valence-corrected chi connectivity index (χ0v) is 22.3. The van der Waals surface area contributed by atoms with Crippen molar-refractivity contribution < 1.29 is 9.18 Å². The summed E-state index contributed by atoms with van der Waals surface area (Å²) in [5.74, 6) is 0.0904. The average molecular weight is 535 g/mol. The number of amides is 1. The molecule has 40 heavy (non-hydrogen) atoms. The molecule has 6 rings (SSSR count). The zero-order chi connectivity index (χ0) is 27.5. The minimum atomic E-state index is -0.380. The van der Waals surface area contributed by atoms with Crippen LogP contribution in [0.5, 0.6) is 0 Å². The van der Waals surface area contributed by atoms with E-state index < -0.39 is 0 Å². The summed E-state index contributed by atoms with van der Waals surface area (Å²) >= 11 is 0. The molecule has 0 aliphatic carbocycles. The molecule has 1 amide bonds. The first-order chi connectivity index (χ1) is 19.5. The minimum Gasteiger partial charge on any atom is -0.365 e. The molecular formula is C32H31FN6O. The van der Waals surface area contributed by atoms with Crippen LogP contribution in [0, 0.1) is 5.82 Å². The Morgan fingerprint density at radius 1 is 0.975 bits per heavy atom. The Morgan fingerprint density at radius 2 is 1.77 bits per heavy atom. The molecule has 1 aliphatic rings. The number of fused-ring (bicyclic) bond motifs is 1. The number of H-pyrrole nitrogens is 1. The third-order valence-corrected chi connectivity index (χ3v) is 7.53. The molecule has 3 aromatic carbocycles. The SMILES string of the molecule is CN1CCC(Nc2n[nH]c3nccc(Cc4ccc(NC(=O)c5cccc(-c6ccccc6)c5)cc4F)c23)CC1. The summed E-state index contributed by atoms with van der Waals surface area (Å²) in [6, 6.07) is 24.4. The zero-order valence-electron chi connectivity index (χ0n) is 22.3. The Labute approximate surface area is 232 Å². The number of pyridine rings is 1. The van der Waals surface area contributed by atoms with Gasteiger partial charge in [0, 0.05) is 29.9 Å². The van der Waals surface area contributed by atoms with Gasteiger partial charge >= 0.3 is 0 Å². The third-order valence-electron chi connectivity index (χ3n) is 7.53. The number of carbonyl (C=O) groups excluding carboxylic acids is 1. The predicted octanol–water partition coefficient (Wildman–Crippen LogP) is 6.11. The summed E-state index contributed by atoms with van der Waals surface area (Å²) in [6.07, 6.45) is 4.17. The van der Waals surface area contributed by atoms with E-state index in [1.165, 1.54) is 6.07 Å². The van der Waals surface area contributed by atoms with Crippen molar-refractivity contribution in [2.75, 3.05) is 30.8 Å². The Balaban J connectivity index is 1.18. The van der Waals surface area contributed by atoms with E-state index in [0.29, 0.717) is 34.9 Å². The molecule has 202 valence electrons. The Hall–Kier alpha value is -4.56. The molecule has 0 spiro atoms. The number of nitrogens with one attached hydrogen (secondary N) is 3. The third kappa shape index (κ3) is 5.58. The monoisotopic (exact) mass is 534 g/mol. The number of nitrogens with zero attached hydrogens (tertiary/aromatic N) is 3. The van der Waals surface area contributed by atoms with Crippen LogP contribution >= 0.6 is 0 Å². The van der Waals surface area contributed by atoms with Crippen LogP contribution in [0.3, 0.4) is 0 Å². The second-order valence-electron chi connectivity index (χ2n) is 10.4. The summed E-state index contributed by atoms with van der Waals surface area (Å²) in [6.45, 7) is 2.08. The van der Waals surface area contributed by atoms with E-state index in [-0.39, 0.29) is 11.7 Å². The number of anilines is 2. The molecule has 0 unspecified atom stereocenters. The van der Waals surface area contributed by atoms with Crippen molar-refractivity contribution in [2.45, 2.75) is 25.3 Å². The molecule has 0 bridgehead atoms. The largest absolute Gasteiger partial charge is 0.365 e. The first-order valence-corrected chi connectivity index (χ1v) is 13.6. The quantitative estimate of drug-likeness (QED) is 0.234. The van der Waals surface area contributed by atoms with Crippen LogP contribution in [0.1, 0.15) is 34.3 Å². The maximum Gasteiger partial charge on any atom is 0.255 e. The molecule has 2 aromatic heterocycles. The number of halogens is 1. The Kier molecular flexibility index (Phi) is 7.25. The number of aromatic nitrogens is 3. The lowest BCUT2D eigenvalue weighted by atomic mass is 10.0. The van der Waals surface area contributed by atoms with Gasteiger partial charge in [0.15, 0.2) is 11.5 Å². The molecule has 1 aliphatic heterocycles. The van der Waals surface area contributed by atoms with Crippen LogP contribution in [0.4, 0.5) is 15.9 Å². The van der Waals surface area contributed by atoms with E-state index in [9.17, 15) is 4.79 Å². The number of hydrogen-bond acceptors (Lipinski definition) is 5. The van der Waals surface area contributed by atoms with Crippen molar-refractivity contribution in [1.29, 1.82) is 0 Å². The number of benzene rings is 3. The Bertz CT molecular complexity index is 1640. The molecule has 0 atom stereocenters. The van der Waals surface area contributed by atoms with Gasteiger partial charge in [-0.25, -0.2) is 9.37 Å². The van der Waals surface area contributed by atoms with Crippen LogP contribution in [-0.2, 0) is 6.42 Å². The van der Waals surface area contributed by atoms with Gasteiger partial charge in [-0.2, -0.15) is 5.10 Å². The van der Waals surface area contributed by atoms with E-state index in [2.05, 4.69) is 37.8 Å². The standard InChI is InChI=1S/C32H31FN6O/c1-39-16-13-26(14-17-39)35-31-29-24(12-15-34-30(29)37-38-31)19-23-10-11-27(20-28(23)33)36-32(40)25-9-5-8-22(18-25)21-6-3-2-4-7-21/h2-12,15,18,20,26H,13-14,16-17,19H2,1H3,(H,36,40)(H2,34,35,37,38). The second-order valence-corrected chi connectivity index (χ2v) is 10.4. The molecule has 8 heteroatoms. The smallest absolute Gasteiger partial charge is 0.255 e. The minimum absolute atomic E-state index is 0.288. The number of rotatable bonds is 7. The molecule has 0 radical (unpaired) electrons. The lowest BCUT2D eigenvalue weighted by molar-refractivity contribution is 0.102. The van der Waals surface area contributed by atoms with Crippen LogP contribution in [-0.4, -0.2) is 52.2 Å². The number of likely N-dealkylation sites (tertiary alicyclic amines) is 1. The maximum atomic E-state index is 15.3. The molecule has 3 N–H and O–H groups in total. The molecule has 0 saturated carbocycles. The fraction of sp³-hybridized carbons (Fsp3) is 0.219. The normalized spacial score (nSPS) is 14.3. The molecule has 1 saturated heterocycles. The molecular weight excluding hydrogens is 503 g/mol. The van der Waals surface area contributed by atoms with Crippen molar-refractivity contribution >= 4 is 28.4 Å². The maximum absolute atomic E-state index is 15.3. The lowest BCUT2D eigenvalue weighted by Crippen LogP contribution is -2.36. The first-order valence-electron chi connectivity index (χ1n) is 13.6. The highest BCUT2D eigenvalue weighted by molar-refractivity contribution is 6.05. The number of hydrogen-bond donors (Lipinski definition) is 3. The summed E-state index contributed by atoms with van der Waals surface area (Å²) in [5.41, 5.74) is 5.03. The van der Waals surface area contributed by atoms with Crippen LogP contribution in [0.15, 0.2) is 85.1 Å². The number of carbonyl (C=O) groups is 1. The summed E-state index contributed by atoms with van der Waals surface area (Å²) in [4.78, 5) is 19.7. The van der Waals surface area contributed by atoms with Crippen LogP contribution in [0.25, 0.3) is 22.2 Å². The topological polar surface area (TPSA) is 85.9 Å². The number of piperidine rings is 1. The highest BCUT2D eigenvalue weighted by atomic mass is 19.1. The fourth-order valence-corrected chi connectivity index (χ4v) is 5.26. The highest BCUT2D eigenvalue weighted by Gasteiger charge is 2.20. The van der Waals surface area contributed by atoms with E-state index in [1.54, 1.807) is 24.4 Å². The molecule has 5 aromatic rings. The predicted molar refractivity (Wildman–Crippen MR) is 157 cm³/mol. The van der Waals surface area contributed by atoms with Gasteiger partial charge in [-0.3, -0.25) is 9.89 Å². The first kappa shape index (κ1) is 25.7. The van der Waals surface area contributed by atoms with Crippen molar-refractivity contribution in [3.8, 4) is 11.1 Å². The average Bonchev–Trinajstić information content (AvgIpc) is 3.40. The van der Waals surface area contributed by atoms with Crippen molar-refractivity contribution in [2.24, 2.45) is 0 Å². The second kappa shape index (κ2) is 11.3.